The van der Waals surface area contributed by atoms with Gasteiger partial charge >= 0.3 is 0 Å². The van der Waals surface area contributed by atoms with E-state index in [1.54, 1.807) is 6.07 Å². The third-order valence-electron chi connectivity index (χ3n) is 3.13. The van der Waals surface area contributed by atoms with E-state index in [9.17, 15) is 4.21 Å². The van der Waals surface area contributed by atoms with Crippen LogP contribution in [0, 0.1) is 23.7 Å². The summed E-state index contributed by atoms with van der Waals surface area (Å²) in [6, 6.07) is 7.78. The molecule has 104 valence electrons. The van der Waals surface area contributed by atoms with Crippen LogP contribution in [0.2, 0.25) is 0 Å². The Labute approximate surface area is 118 Å². The first-order valence-corrected chi connectivity index (χ1v) is 7.83. The predicted octanol–water partition coefficient (Wildman–Crippen LogP) is 3.40. The SMILES string of the molecule is Cc1cc(N)ccc1S(=O)CCCCC(C)(C)C#N. The minimum atomic E-state index is -0.972. The smallest absolute Gasteiger partial charge is 0.0683 e. The average molecular weight is 278 g/mol. The highest BCUT2D eigenvalue weighted by Crippen LogP contribution is 2.22. The summed E-state index contributed by atoms with van der Waals surface area (Å²) >= 11 is 0. The fraction of sp³-hybridized carbons (Fsp3) is 0.533. The number of nitriles is 1. The molecule has 0 radical (unpaired) electrons. The fourth-order valence-corrected chi connectivity index (χ4v) is 3.22. The van der Waals surface area contributed by atoms with Crippen LogP contribution < -0.4 is 5.73 Å². The van der Waals surface area contributed by atoms with E-state index in [0.717, 1.165) is 29.7 Å². The molecule has 0 aromatic heterocycles. The van der Waals surface area contributed by atoms with Crippen LogP contribution in [0.25, 0.3) is 0 Å². The molecule has 1 aromatic carbocycles. The Kier molecular flexibility index (Phi) is 5.56. The summed E-state index contributed by atoms with van der Waals surface area (Å²) in [6.07, 6.45) is 2.66. The minimum Gasteiger partial charge on any atom is -0.399 e. The lowest BCUT2D eigenvalue weighted by atomic mass is 9.89. The number of unbranched alkanes of at least 4 members (excludes halogenated alkanes) is 1. The molecule has 0 fully saturated rings. The van der Waals surface area contributed by atoms with Crippen LogP contribution in [0.15, 0.2) is 23.1 Å². The number of anilines is 1. The molecule has 0 heterocycles. The van der Waals surface area contributed by atoms with E-state index < -0.39 is 10.8 Å². The first-order chi connectivity index (χ1) is 8.85. The lowest BCUT2D eigenvalue weighted by molar-refractivity contribution is 0.432. The maximum atomic E-state index is 12.2. The van der Waals surface area contributed by atoms with Crippen molar-refractivity contribution in [1.82, 2.24) is 0 Å². The van der Waals surface area contributed by atoms with Gasteiger partial charge in [-0.15, -0.1) is 0 Å². The van der Waals surface area contributed by atoms with E-state index in [0.29, 0.717) is 11.4 Å². The van der Waals surface area contributed by atoms with Gasteiger partial charge in [0.15, 0.2) is 0 Å². The fourth-order valence-electron chi connectivity index (χ4n) is 1.89. The van der Waals surface area contributed by atoms with Crippen LogP contribution in [0.4, 0.5) is 5.69 Å². The van der Waals surface area contributed by atoms with Crippen molar-refractivity contribution in [2.75, 3.05) is 11.5 Å². The lowest BCUT2D eigenvalue weighted by Gasteiger charge is -2.14. The Balaban J connectivity index is 2.46. The van der Waals surface area contributed by atoms with Crippen molar-refractivity contribution >= 4 is 16.5 Å². The minimum absolute atomic E-state index is 0.279. The van der Waals surface area contributed by atoms with Gasteiger partial charge in [0.05, 0.1) is 22.3 Å². The Morgan fingerprint density at radius 2 is 2.05 bits per heavy atom. The number of benzene rings is 1. The second-order valence-electron chi connectivity index (χ2n) is 5.53. The molecule has 1 rings (SSSR count). The number of aryl methyl sites for hydroxylation is 1. The van der Waals surface area contributed by atoms with E-state index >= 15 is 0 Å². The monoisotopic (exact) mass is 278 g/mol. The normalized spacial score (nSPS) is 12.9. The molecule has 0 bridgehead atoms. The molecule has 4 heteroatoms. The van der Waals surface area contributed by atoms with E-state index in [2.05, 4.69) is 6.07 Å². The molecule has 0 spiro atoms. The molecule has 19 heavy (non-hydrogen) atoms. The molecule has 1 unspecified atom stereocenters. The van der Waals surface area contributed by atoms with Gasteiger partial charge in [-0.3, -0.25) is 4.21 Å². The van der Waals surface area contributed by atoms with Gasteiger partial charge in [0.25, 0.3) is 0 Å². The zero-order valence-electron chi connectivity index (χ0n) is 11.9. The van der Waals surface area contributed by atoms with Crippen molar-refractivity contribution in [2.45, 2.75) is 44.9 Å². The van der Waals surface area contributed by atoms with Crippen molar-refractivity contribution in [2.24, 2.45) is 5.41 Å². The number of hydrogen-bond acceptors (Lipinski definition) is 3. The summed E-state index contributed by atoms with van der Waals surface area (Å²) in [5, 5.41) is 8.92. The first-order valence-electron chi connectivity index (χ1n) is 6.51. The zero-order chi connectivity index (χ0) is 14.5. The maximum absolute atomic E-state index is 12.2. The summed E-state index contributed by atoms with van der Waals surface area (Å²) < 4.78 is 12.2. The topological polar surface area (TPSA) is 66.9 Å². The third-order valence-corrected chi connectivity index (χ3v) is 4.74. The average Bonchev–Trinajstić information content (AvgIpc) is 2.34. The first kappa shape index (κ1) is 15.7. The standard InChI is InChI=1S/C15H22N2OS/c1-12-10-13(17)6-7-14(12)19(18)9-5-4-8-15(2,3)11-16/h6-7,10H,4-5,8-9,17H2,1-3H3. The van der Waals surface area contributed by atoms with Gasteiger partial charge in [-0.05, 0) is 57.4 Å². The maximum Gasteiger partial charge on any atom is 0.0683 e. The molecule has 0 aliphatic carbocycles. The Bertz CT molecular complexity index is 503. The molecule has 1 atom stereocenters. The van der Waals surface area contributed by atoms with Crippen LogP contribution in [0.1, 0.15) is 38.7 Å². The molecule has 0 amide bonds. The zero-order valence-corrected chi connectivity index (χ0v) is 12.7. The highest BCUT2D eigenvalue weighted by molar-refractivity contribution is 7.85. The largest absolute Gasteiger partial charge is 0.399 e. The predicted molar refractivity (Wildman–Crippen MR) is 80.1 cm³/mol. The molecule has 3 nitrogen and oxygen atoms in total. The van der Waals surface area contributed by atoms with Crippen molar-refractivity contribution < 1.29 is 4.21 Å². The molecule has 1 aromatic rings. The van der Waals surface area contributed by atoms with Crippen LogP contribution in [0.3, 0.4) is 0 Å². The van der Waals surface area contributed by atoms with Crippen LogP contribution in [0.5, 0.6) is 0 Å². The van der Waals surface area contributed by atoms with Gasteiger partial charge in [-0.25, -0.2) is 0 Å². The number of hydrogen-bond donors (Lipinski definition) is 1. The summed E-state index contributed by atoms with van der Waals surface area (Å²) in [5.74, 6) is 0.645. The van der Waals surface area contributed by atoms with E-state index in [1.165, 1.54) is 0 Å². The molecule has 0 aliphatic rings. The van der Waals surface area contributed by atoms with Crippen molar-refractivity contribution in [3.8, 4) is 6.07 Å². The Morgan fingerprint density at radius 1 is 1.37 bits per heavy atom. The van der Waals surface area contributed by atoms with Gasteiger partial charge in [0.1, 0.15) is 0 Å². The number of nitrogens with two attached hydrogens (primary N) is 1. The van der Waals surface area contributed by atoms with Crippen molar-refractivity contribution in [1.29, 1.82) is 5.26 Å². The second kappa shape index (κ2) is 6.72. The highest BCUT2D eigenvalue weighted by Gasteiger charge is 2.16. The van der Waals surface area contributed by atoms with Gasteiger partial charge in [0, 0.05) is 16.3 Å². The summed E-state index contributed by atoms with van der Waals surface area (Å²) in [5.41, 5.74) is 7.09. The van der Waals surface area contributed by atoms with E-state index in [-0.39, 0.29) is 5.41 Å². The molecule has 0 saturated heterocycles. The Morgan fingerprint density at radius 3 is 2.63 bits per heavy atom. The quantitative estimate of drug-likeness (QED) is 0.640. The Hall–Kier alpha value is -1.34. The summed E-state index contributed by atoms with van der Waals surface area (Å²) in [4.78, 5) is 0.869. The molecule has 0 saturated carbocycles. The van der Waals surface area contributed by atoms with E-state index in [1.807, 2.05) is 32.9 Å². The number of nitrogen functional groups attached to an aromatic ring is 1. The number of rotatable bonds is 6. The highest BCUT2D eigenvalue weighted by atomic mass is 32.2. The van der Waals surface area contributed by atoms with E-state index in [4.69, 9.17) is 11.0 Å². The van der Waals surface area contributed by atoms with Gasteiger partial charge < -0.3 is 5.73 Å². The number of nitrogens with zero attached hydrogens (tertiary/aromatic N) is 1. The van der Waals surface area contributed by atoms with Crippen LogP contribution in [-0.2, 0) is 10.8 Å². The van der Waals surface area contributed by atoms with Gasteiger partial charge in [-0.1, -0.05) is 6.42 Å². The van der Waals surface area contributed by atoms with Crippen LogP contribution >= 0.6 is 0 Å². The molecule has 0 aliphatic heterocycles. The molecular weight excluding hydrogens is 256 g/mol. The van der Waals surface area contributed by atoms with Crippen molar-refractivity contribution in [3.05, 3.63) is 23.8 Å². The van der Waals surface area contributed by atoms with Gasteiger partial charge in [0.2, 0.25) is 0 Å². The van der Waals surface area contributed by atoms with Crippen molar-refractivity contribution in [3.63, 3.8) is 0 Å². The molecule has 2 N–H and O–H groups in total. The lowest BCUT2D eigenvalue weighted by Crippen LogP contribution is -2.08. The summed E-state index contributed by atoms with van der Waals surface area (Å²) in [6.45, 7) is 5.81. The summed E-state index contributed by atoms with van der Waals surface area (Å²) in [7, 11) is -0.972. The van der Waals surface area contributed by atoms with Gasteiger partial charge in [-0.2, -0.15) is 5.26 Å². The third kappa shape index (κ3) is 5.04. The molecular formula is C15H22N2OS. The van der Waals surface area contributed by atoms with Crippen LogP contribution in [-0.4, -0.2) is 9.96 Å². The second-order valence-corrected chi connectivity index (χ2v) is 7.07.